The lowest BCUT2D eigenvalue weighted by Crippen LogP contribution is -2.01. The van der Waals surface area contributed by atoms with Crippen LogP contribution in [0.25, 0.3) is 133 Å². The summed E-state index contributed by atoms with van der Waals surface area (Å²) in [7, 11) is 0. The second-order valence-electron chi connectivity index (χ2n) is 16.3. The van der Waals surface area contributed by atoms with E-state index < -0.39 is 0 Å². The van der Waals surface area contributed by atoms with Gasteiger partial charge in [-0.05, 0) is 54.6 Å². The molecule has 298 valence electrons. The minimum Gasteiger partial charge on any atom is -0.455 e. The molecule has 0 N–H and O–H groups in total. The standard InChI is InChI=1S/C57H33N5O2/c1-3-16-34(17-4-1)55-58-56(35-18-5-2-6-19-35)60-57(59-55)42-31-33-48(61-43-25-11-7-20-36(43)37-21-8-12-26-44(37)61)54-50(42)41-24-15-28-47(52(41)64-54)62-45-27-13-9-23-40(45)51-46(62)32-30-39-38-22-10-14-29-49(38)63-53(39)51/h1-33H. The van der Waals surface area contributed by atoms with E-state index in [1.165, 1.54) is 10.8 Å². The van der Waals surface area contributed by atoms with Gasteiger partial charge in [0.05, 0.1) is 38.8 Å². The summed E-state index contributed by atoms with van der Waals surface area (Å²) in [5, 5.41) is 8.58. The quantitative estimate of drug-likeness (QED) is 0.173. The highest BCUT2D eigenvalue weighted by atomic mass is 16.3. The zero-order valence-electron chi connectivity index (χ0n) is 34.1. The van der Waals surface area contributed by atoms with Gasteiger partial charge in [-0.3, -0.25) is 0 Å². The molecule has 0 saturated heterocycles. The lowest BCUT2D eigenvalue weighted by molar-refractivity contribution is 0.664. The van der Waals surface area contributed by atoms with Gasteiger partial charge in [-0.15, -0.1) is 0 Å². The second kappa shape index (κ2) is 13.3. The fraction of sp³-hybridized carbons (Fsp3) is 0. The molecule has 0 atom stereocenters. The van der Waals surface area contributed by atoms with Crippen molar-refractivity contribution in [3.63, 3.8) is 0 Å². The average Bonchev–Trinajstić information content (AvgIpc) is 4.12. The van der Waals surface area contributed by atoms with Crippen LogP contribution < -0.4 is 0 Å². The number of rotatable bonds is 5. The van der Waals surface area contributed by atoms with Gasteiger partial charge in [-0.1, -0.05) is 146 Å². The monoisotopic (exact) mass is 819 g/mol. The smallest absolute Gasteiger partial charge is 0.164 e. The first kappa shape index (κ1) is 34.9. The van der Waals surface area contributed by atoms with E-state index in [1.807, 2.05) is 72.8 Å². The van der Waals surface area contributed by atoms with Crippen molar-refractivity contribution in [3.8, 4) is 45.5 Å². The summed E-state index contributed by atoms with van der Waals surface area (Å²) in [6.07, 6.45) is 0. The Kier molecular flexibility index (Phi) is 7.27. The Morgan fingerprint density at radius 1 is 0.297 bits per heavy atom. The summed E-state index contributed by atoms with van der Waals surface area (Å²) in [6.45, 7) is 0. The largest absolute Gasteiger partial charge is 0.455 e. The molecule has 0 saturated carbocycles. The molecule has 14 rings (SSSR count). The first-order chi connectivity index (χ1) is 31.8. The third-order valence-corrected chi connectivity index (χ3v) is 12.8. The number of fused-ring (bicyclic) bond motifs is 13. The van der Waals surface area contributed by atoms with Crippen molar-refractivity contribution in [3.05, 3.63) is 200 Å². The lowest BCUT2D eigenvalue weighted by atomic mass is 10.0. The van der Waals surface area contributed by atoms with Crippen molar-refractivity contribution in [2.75, 3.05) is 0 Å². The minimum atomic E-state index is 0.559. The van der Waals surface area contributed by atoms with Crippen molar-refractivity contribution in [1.29, 1.82) is 0 Å². The number of hydrogen-bond donors (Lipinski definition) is 0. The predicted octanol–water partition coefficient (Wildman–Crippen LogP) is 14.9. The van der Waals surface area contributed by atoms with E-state index in [1.54, 1.807) is 0 Å². The van der Waals surface area contributed by atoms with Gasteiger partial charge >= 0.3 is 0 Å². The molecular weight excluding hydrogens is 787 g/mol. The maximum Gasteiger partial charge on any atom is 0.164 e. The maximum absolute atomic E-state index is 7.45. The van der Waals surface area contributed by atoms with Crippen molar-refractivity contribution in [1.82, 2.24) is 24.1 Å². The van der Waals surface area contributed by atoms with Crippen molar-refractivity contribution in [2.24, 2.45) is 0 Å². The molecule has 5 aromatic heterocycles. The molecule has 0 radical (unpaired) electrons. The molecule has 9 aromatic carbocycles. The Hall–Kier alpha value is -8.81. The van der Waals surface area contributed by atoms with Gasteiger partial charge in [0.2, 0.25) is 0 Å². The molecule has 0 amide bonds. The zero-order chi connectivity index (χ0) is 41.9. The van der Waals surface area contributed by atoms with Crippen LogP contribution in [0.15, 0.2) is 209 Å². The van der Waals surface area contributed by atoms with Crippen molar-refractivity contribution >= 4 is 87.5 Å². The van der Waals surface area contributed by atoms with Gasteiger partial charge in [-0.25, -0.2) is 15.0 Å². The summed E-state index contributed by atoms with van der Waals surface area (Å²) < 4.78 is 18.8. The number of aromatic nitrogens is 5. The van der Waals surface area contributed by atoms with Crippen LogP contribution in [0.1, 0.15) is 0 Å². The Labute approximate surface area is 364 Å². The SMILES string of the molecule is c1ccc(-c2nc(-c3ccccc3)nc(-c3ccc(-n4c5ccccc5c5ccccc54)c4oc5c(-n6c7ccccc7c7c8oc9ccccc9c8ccc76)cccc5c34)n2)cc1. The summed E-state index contributed by atoms with van der Waals surface area (Å²) in [5.74, 6) is 1.75. The molecular formula is C57H33N5O2. The Bertz CT molecular complexity index is 4090. The molecule has 0 aliphatic rings. The number of furan rings is 2. The van der Waals surface area contributed by atoms with Gasteiger partial charge in [0.25, 0.3) is 0 Å². The molecule has 0 aliphatic carbocycles. The molecule has 0 aliphatic heterocycles. The third kappa shape index (κ3) is 4.94. The van der Waals surface area contributed by atoms with Crippen molar-refractivity contribution < 1.29 is 8.83 Å². The molecule has 0 unspecified atom stereocenters. The van der Waals surface area contributed by atoms with Gasteiger partial charge in [0.1, 0.15) is 11.2 Å². The zero-order valence-corrected chi connectivity index (χ0v) is 34.1. The fourth-order valence-electron chi connectivity index (χ4n) is 10.0. The van der Waals surface area contributed by atoms with E-state index in [0.717, 1.165) is 105 Å². The molecule has 0 spiro atoms. The summed E-state index contributed by atoms with van der Waals surface area (Å²) in [5.41, 5.74) is 12.0. The van der Waals surface area contributed by atoms with Gasteiger partial charge in [0.15, 0.2) is 28.6 Å². The molecule has 7 heteroatoms. The van der Waals surface area contributed by atoms with Crippen LogP contribution in [0.2, 0.25) is 0 Å². The first-order valence-corrected chi connectivity index (χ1v) is 21.4. The third-order valence-electron chi connectivity index (χ3n) is 12.8. The van der Waals surface area contributed by atoms with E-state index in [-0.39, 0.29) is 0 Å². The number of nitrogens with zero attached hydrogens (tertiary/aromatic N) is 5. The highest BCUT2D eigenvalue weighted by Crippen LogP contribution is 2.46. The Morgan fingerprint density at radius 3 is 1.52 bits per heavy atom. The summed E-state index contributed by atoms with van der Waals surface area (Å²) in [4.78, 5) is 15.5. The molecule has 7 nitrogen and oxygen atoms in total. The molecule has 0 fully saturated rings. The molecule has 14 aromatic rings. The van der Waals surface area contributed by atoms with Crippen LogP contribution in [0.4, 0.5) is 0 Å². The highest BCUT2D eigenvalue weighted by Gasteiger charge is 2.26. The van der Waals surface area contributed by atoms with Crippen LogP contribution in [0, 0.1) is 0 Å². The van der Waals surface area contributed by atoms with E-state index in [0.29, 0.717) is 17.5 Å². The van der Waals surface area contributed by atoms with Gasteiger partial charge < -0.3 is 18.0 Å². The molecule has 64 heavy (non-hydrogen) atoms. The Balaban J connectivity index is 1.11. The number of benzene rings is 9. The van der Waals surface area contributed by atoms with E-state index in [9.17, 15) is 0 Å². The lowest BCUT2D eigenvalue weighted by Gasteiger charge is -2.12. The first-order valence-electron chi connectivity index (χ1n) is 21.4. The molecule has 0 bridgehead atoms. The van der Waals surface area contributed by atoms with Crippen LogP contribution in [0.5, 0.6) is 0 Å². The van der Waals surface area contributed by atoms with Crippen molar-refractivity contribution in [2.45, 2.75) is 0 Å². The summed E-state index contributed by atoms with van der Waals surface area (Å²) in [6, 6.07) is 69.4. The minimum absolute atomic E-state index is 0.559. The second-order valence-corrected chi connectivity index (χ2v) is 16.3. The highest BCUT2D eigenvalue weighted by molar-refractivity contribution is 6.25. The van der Waals surface area contributed by atoms with Crippen LogP contribution >= 0.6 is 0 Å². The predicted molar refractivity (Wildman–Crippen MR) is 259 cm³/mol. The topological polar surface area (TPSA) is 74.8 Å². The van der Waals surface area contributed by atoms with E-state index in [2.05, 4.69) is 137 Å². The number of hydrogen-bond acceptors (Lipinski definition) is 5. The average molecular weight is 820 g/mol. The van der Waals surface area contributed by atoms with Crippen LogP contribution in [-0.2, 0) is 0 Å². The normalized spacial score (nSPS) is 12.1. The fourth-order valence-corrected chi connectivity index (χ4v) is 10.0. The Morgan fingerprint density at radius 2 is 0.828 bits per heavy atom. The maximum atomic E-state index is 7.45. The molecule has 5 heterocycles. The van der Waals surface area contributed by atoms with Gasteiger partial charge in [0, 0.05) is 54.4 Å². The summed E-state index contributed by atoms with van der Waals surface area (Å²) >= 11 is 0. The van der Waals surface area contributed by atoms with E-state index in [4.69, 9.17) is 23.8 Å². The van der Waals surface area contributed by atoms with Crippen LogP contribution in [0.3, 0.4) is 0 Å². The van der Waals surface area contributed by atoms with Crippen LogP contribution in [-0.4, -0.2) is 24.1 Å². The van der Waals surface area contributed by atoms with Gasteiger partial charge in [-0.2, -0.15) is 0 Å². The number of para-hydroxylation sites is 5. The van der Waals surface area contributed by atoms with E-state index >= 15 is 0 Å².